The van der Waals surface area contributed by atoms with E-state index in [0.717, 1.165) is 12.0 Å². The highest BCUT2D eigenvalue weighted by Crippen LogP contribution is 2.35. The van der Waals surface area contributed by atoms with Crippen molar-refractivity contribution >= 4 is 31.6 Å². The summed E-state index contributed by atoms with van der Waals surface area (Å²) in [7, 11) is -7.46. The van der Waals surface area contributed by atoms with E-state index in [1.807, 2.05) is 24.0 Å². The van der Waals surface area contributed by atoms with Crippen molar-refractivity contribution in [1.82, 2.24) is 13.5 Å². The number of amides is 1. The number of hydrogen-bond donors (Lipinski definition) is 1. The van der Waals surface area contributed by atoms with Gasteiger partial charge in [0.15, 0.2) is 0 Å². The SMILES string of the molecule is Cc1ccc(S(=O)(=O)N2C[C@@]3(CCCN(CC(=O)Nc4cccc(S(=O)(=O)N5CCOCC5)c4)C3)OC[C@@H]2CC(C)C)cc1. The Kier molecular flexibility index (Phi) is 10.1. The Morgan fingerprint density at radius 1 is 0.977 bits per heavy atom. The Bertz CT molecular complexity index is 1530. The van der Waals surface area contributed by atoms with Gasteiger partial charge in [0.05, 0.1) is 41.8 Å². The van der Waals surface area contributed by atoms with Crippen LogP contribution in [0.4, 0.5) is 5.69 Å². The monoisotopic (exact) mass is 648 g/mol. The molecule has 2 aromatic carbocycles. The fourth-order valence-corrected chi connectivity index (χ4v) is 9.47. The van der Waals surface area contributed by atoms with E-state index in [1.165, 1.54) is 16.4 Å². The van der Waals surface area contributed by atoms with E-state index in [1.54, 1.807) is 28.6 Å². The van der Waals surface area contributed by atoms with E-state index in [4.69, 9.17) is 9.47 Å². The number of rotatable bonds is 9. The van der Waals surface area contributed by atoms with Crippen LogP contribution < -0.4 is 5.32 Å². The molecule has 1 spiro atoms. The molecule has 0 radical (unpaired) electrons. The summed E-state index contributed by atoms with van der Waals surface area (Å²) in [6.45, 7) is 9.06. The molecule has 3 aliphatic heterocycles. The molecule has 44 heavy (non-hydrogen) atoms. The summed E-state index contributed by atoms with van der Waals surface area (Å²) in [5.74, 6) is 0.0166. The number of piperidine rings is 1. The van der Waals surface area contributed by atoms with Gasteiger partial charge in [0, 0.05) is 37.9 Å². The lowest BCUT2D eigenvalue weighted by molar-refractivity contribution is -0.146. The molecule has 11 nitrogen and oxygen atoms in total. The van der Waals surface area contributed by atoms with Crippen LogP contribution in [0.5, 0.6) is 0 Å². The number of morpholine rings is 2. The Labute approximate surface area is 261 Å². The number of likely N-dealkylation sites (tertiary alicyclic amines) is 1. The molecule has 3 aliphatic rings. The minimum absolute atomic E-state index is 0.0751. The molecule has 3 heterocycles. The minimum atomic E-state index is -3.76. The van der Waals surface area contributed by atoms with Crippen LogP contribution in [-0.2, 0) is 34.3 Å². The number of carbonyl (C=O) groups excluding carboxylic acids is 1. The quantitative estimate of drug-likeness (QED) is 0.440. The Hall–Kier alpha value is -2.39. The lowest BCUT2D eigenvalue weighted by Crippen LogP contribution is -2.64. The van der Waals surface area contributed by atoms with Crippen molar-refractivity contribution in [3.05, 3.63) is 54.1 Å². The maximum absolute atomic E-state index is 13.9. The average Bonchev–Trinajstić information content (AvgIpc) is 2.99. The van der Waals surface area contributed by atoms with Crippen LogP contribution in [0.15, 0.2) is 58.3 Å². The van der Waals surface area contributed by atoms with E-state index in [-0.39, 0.29) is 34.8 Å². The number of nitrogens with one attached hydrogen (secondary N) is 1. The Morgan fingerprint density at radius 2 is 1.70 bits per heavy atom. The van der Waals surface area contributed by atoms with Crippen molar-refractivity contribution in [3.63, 3.8) is 0 Å². The third-order valence-electron chi connectivity index (χ3n) is 8.52. The molecule has 0 aliphatic carbocycles. The van der Waals surface area contributed by atoms with E-state index >= 15 is 0 Å². The highest BCUT2D eigenvalue weighted by atomic mass is 32.2. The van der Waals surface area contributed by atoms with Gasteiger partial charge in [0.1, 0.15) is 0 Å². The van der Waals surface area contributed by atoms with Gasteiger partial charge in [-0.15, -0.1) is 0 Å². The summed E-state index contributed by atoms with van der Waals surface area (Å²) in [5.41, 5.74) is 0.667. The maximum Gasteiger partial charge on any atom is 0.243 e. The molecule has 242 valence electrons. The highest BCUT2D eigenvalue weighted by molar-refractivity contribution is 7.89. The molecule has 1 amide bonds. The van der Waals surface area contributed by atoms with E-state index in [9.17, 15) is 21.6 Å². The molecule has 13 heteroatoms. The van der Waals surface area contributed by atoms with Crippen molar-refractivity contribution in [2.45, 2.75) is 61.5 Å². The first-order valence-corrected chi connectivity index (χ1v) is 18.2. The van der Waals surface area contributed by atoms with Gasteiger partial charge in [0.2, 0.25) is 26.0 Å². The zero-order valence-electron chi connectivity index (χ0n) is 25.8. The van der Waals surface area contributed by atoms with Gasteiger partial charge in [-0.25, -0.2) is 16.8 Å². The van der Waals surface area contributed by atoms with Crippen LogP contribution in [-0.4, -0.2) is 107 Å². The van der Waals surface area contributed by atoms with Gasteiger partial charge < -0.3 is 14.8 Å². The normalized spacial score (nSPS) is 24.5. The molecule has 2 atom stereocenters. The van der Waals surface area contributed by atoms with E-state index in [0.29, 0.717) is 70.4 Å². The number of aryl methyl sites for hydroxylation is 1. The largest absolute Gasteiger partial charge is 0.379 e. The van der Waals surface area contributed by atoms with Gasteiger partial charge in [-0.3, -0.25) is 9.69 Å². The zero-order chi connectivity index (χ0) is 31.5. The lowest BCUT2D eigenvalue weighted by atomic mass is 9.89. The van der Waals surface area contributed by atoms with Crippen molar-refractivity contribution in [3.8, 4) is 0 Å². The summed E-state index contributed by atoms with van der Waals surface area (Å²) in [5, 5.41) is 2.85. The molecule has 5 rings (SSSR count). The first-order chi connectivity index (χ1) is 20.9. The highest BCUT2D eigenvalue weighted by Gasteiger charge is 2.47. The molecule has 3 saturated heterocycles. The summed E-state index contributed by atoms with van der Waals surface area (Å²) in [6.07, 6.45) is 2.14. The van der Waals surface area contributed by atoms with Crippen molar-refractivity contribution < 1.29 is 31.1 Å². The summed E-state index contributed by atoms with van der Waals surface area (Å²) < 4.78 is 68.8. The van der Waals surface area contributed by atoms with Gasteiger partial charge in [-0.2, -0.15) is 8.61 Å². The Balaban J connectivity index is 1.27. The fraction of sp³-hybridized carbons (Fsp3) is 0.581. The molecule has 0 aromatic heterocycles. The number of benzene rings is 2. The number of ether oxygens (including phenoxy) is 2. The standard InChI is InChI=1S/C31H44N4O7S2/c1-24(2)18-27-21-42-31(23-35(27)44(39,40)28-10-8-25(3)9-11-28)12-5-13-33(22-31)20-30(36)32-26-6-4-7-29(19-26)43(37,38)34-14-16-41-17-15-34/h4,6-11,19,24,27H,5,12-18,20-23H2,1-3H3,(H,32,36)/t27-,31-/m0/s1. The first kappa shape index (κ1) is 33.0. The van der Waals surface area contributed by atoms with Gasteiger partial charge >= 0.3 is 0 Å². The van der Waals surface area contributed by atoms with Crippen molar-refractivity contribution in [1.29, 1.82) is 0 Å². The first-order valence-electron chi connectivity index (χ1n) is 15.3. The molecule has 1 N–H and O–H groups in total. The molecular weight excluding hydrogens is 604 g/mol. The summed E-state index contributed by atoms with van der Waals surface area (Å²) in [4.78, 5) is 15.5. The Morgan fingerprint density at radius 3 is 2.41 bits per heavy atom. The fourth-order valence-electron chi connectivity index (χ4n) is 6.32. The van der Waals surface area contributed by atoms with Crippen LogP contribution >= 0.6 is 0 Å². The predicted octanol–water partition coefficient (Wildman–Crippen LogP) is 2.92. The maximum atomic E-state index is 13.9. The van der Waals surface area contributed by atoms with Gasteiger partial charge in [0.25, 0.3) is 0 Å². The minimum Gasteiger partial charge on any atom is -0.379 e. The topological polar surface area (TPSA) is 126 Å². The molecule has 0 bridgehead atoms. The third-order valence-corrected chi connectivity index (χ3v) is 12.3. The molecule has 3 fully saturated rings. The average molecular weight is 649 g/mol. The van der Waals surface area contributed by atoms with Crippen LogP contribution in [0.25, 0.3) is 0 Å². The summed E-state index contributed by atoms with van der Waals surface area (Å²) >= 11 is 0. The predicted molar refractivity (Wildman–Crippen MR) is 167 cm³/mol. The van der Waals surface area contributed by atoms with Crippen molar-refractivity contribution in [2.24, 2.45) is 5.92 Å². The molecular formula is C31H44N4O7S2. The molecule has 2 aromatic rings. The summed E-state index contributed by atoms with van der Waals surface area (Å²) in [6, 6.07) is 13.0. The van der Waals surface area contributed by atoms with Crippen molar-refractivity contribution in [2.75, 3.05) is 64.4 Å². The van der Waals surface area contributed by atoms with Crippen LogP contribution in [0.2, 0.25) is 0 Å². The second-order valence-corrected chi connectivity index (χ2v) is 16.4. The molecule has 0 unspecified atom stereocenters. The van der Waals surface area contributed by atoms with E-state index < -0.39 is 25.6 Å². The number of hydrogen-bond acceptors (Lipinski definition) is 8. The lowest BCUT2D eigenvalue weighted by Gasteiger charge is -2.50. The van der Waals surface area contributed by atoms with Crippen LogP contribution in [0.1, 0.15) is 38.7 Å². The van der Waals surface area contributed by atoms with Crippen LogP contribution in [0.3, 0.4) is 0 Å². The second kappa shape index (κ2) is 13.5. The van der Waals surface area contributed by atoms with E-state index in [2.05, 4.69) is 19.2 Å². The van der Waals surface area contributed by atoms with Crippen LogP contribution in [0, 0.1) is 12.8 Å². The number of nitrogens with zero attached hydrogens (tertiary/aromatic N) is 3. The zero-order valence-corrected chi connectivity index (χ0v) is 27.4. The van der Waals surface area contributed by atoms with Gasteiger partial charge in [-0.05, 0) is 69.0 Å². The number of sulfonamides is 2. The van der Waals surface area contributed by atoms with Gasteiger partial charge in [-0.1, -0.05) is 37.6 Å². The second-order valence-electron chi connectivity index (χ2n) is 12.5. The smallest absolute Gasteiger partial charge is 0.243 e. The number of carbonyl (C=O) groups is 1. The number of anilines is 1. The third kappa shape index (κ3) is 7.52. The molecule has 0 saturated carbocycles.